The maximum Gasteiger partial charge on any atom is 0.242 e. The van der Waals surface area contributed by atoms with Gasteiger partial charge in [-0.2, -0.15) is 0 Å². The van der Waals surface area contributed by atoms with Crippen molar-refractivity contribution in [3.63, 3.8) is 0 Å². The number of benzene rings is 1. The van der Waals surface area contributed by atoms with Crippen LogP contribution < -0.4 is 10.5 Å². The van der Waals surface area contributed by atoms with Crippen LogP contribution >= 0.6 is 34.9 Å². The van der Waals surface area contributed by atoms with E-state index in [1.54, 1.807) is 12.1 Å². The van der Waals surface area contributed by atoms with Gasteiger partial charge in [0.2, 0.25) is 10.0 Å². The molecule has 0 bridgehead atoms. The lowest BCUT2D eigenvalue weighted by Crippen LogP contribution is -2.19. The zero-order valence-electron chi connectivity index (χ0n) is 10.7. The first-order valence-electron chi connectivity index (χ1n) is 5.34. The van der Waals surface area contributed by atoms with Gasteiger partial charge in [0.05, 0.1) is 5.69 Å². The molecule has 2 aromatic rings. The fraction of sp³-hybridized carbons (Fsp3) is 0.200. The Bertz CT molecular complexity index is 714. The number of nitrogens with one attached hydrogen (secondary N) is 1. The lowest BCUT2D eigenvalue weighted by Gasteiger charge is -2.07. The number of nitrogens with two attached hydrogens (primary N) is 1. The van der Waals surface area contributed by atoms with Gasteiger partial charge < -0.3 is 5.73 Å². The van der Waals surface area contributed by atoms with E-state index < -0.39 is 10.0 Å². The van der Waals surface area contributed by atoms with Crippen molar-refractivity contribution in [2.45, 2.75) is 18.5 Å². The van der Waals surface area contributed by atoms with Crippen molar-refractivity contribution in [3.05, 3.63) is 18.2 Å². The first-order valence-corrected chi connectivity index (χ1v) is 9.69. The molecular formula is C10H12N4O2S4. The Kier molecular flexibility index (Phi) is 4.91. The van der Waals surface area contributed by atoms with Crippen molar-refractivity contribution in [3.8, 4) is 0 Å². The largest absolute Gasteiger partial charge is 0.398 e. The molecule has 1 heterocycles. The molecule has 10 heteroatoms. The molecule has 0 radical (unpaired) electrons. The van der Waals surface area contributed by atoms with Crippen LogP contribution in [0, 0.1) is 0 Å². The van der Waals surface area contributed by atoms with Crippen LogP contribution in [0.25, 0.3) is 0 Å². The van der Waals surface area contributed by atoms with Gasteiger partial charge in [-0.3, -0.25) is 0 Å². The van der Waals surface area contributed by atoms with Gasteiger partial charge in [-0.25, -0.2) is 13.1 Å². The summed E-state index contributed by atoms with van der Waals surface area (Å²) in [4.78, 5) is 0.896. The molecule has 0 unspecified atom stereocenters. The zero-order chi connectivity index (χ0) is 14.8. The smallest absolute Gasteiger partial charge is 0.242 e. The van der Waals surface area contributed by atoms with Crippen molar-refractivity contribution in [2.24, 2.45) is 0 Å². The molecule has 108 valence electrons. The Morgan fingerprint density at radius 3 is 2.55 bits per heavy atom. The highest BCUT2D eigenvalue weighted by Gasteiger charge is 2.16. The first kappa shape index (κ1) is 15.6. The quantitative estimate of drug-likeness (QED) is 0.629. The summed E-state index contributed by atoms with van der Waals surface area (Å²) in [7, 11) is -2.18. The molecule has 1 aromatic heterocycles. The lowest BCUT2D eigenvalue weighted by molar-refractivity contribution is 0.588. The predicted octanol–water partition coefficient (Wildman–Crippen LogP) is 1.90. The van der Waals surface area contributed by atoms with Gasteiger partial charge in [-0.15, -0.1) is 10.2 Å². The van der Waals surface area contributed by atoms with E-state index in [2.05, 4.69) is 14.9 Å². The van der Waals surface area contributed by atoms with Crippen LogP contribution in [0.3, 0.4) is 0 Å². The molecule has 0 saturated heterocycles. The van der Waals surface area contributed by atoms with E-state index in [4.69, 9.17) is 5.73 Å². The number of hydrogen-bond donors (Lipinski definition) is 2. The van der Waals surface area contributed by atoms with Gasteiger partial charge >= 0.3 is 0 Å². The molecule has 0 saturated carbocycles. The SMILES string of the molecule is CNS(=O)(=O)c1ccc(Sc2nnc(SC)s2)cc1N. The highest BCUT2D eigenvalue weighted by Crippen LogP contribution is 2.34. The minimum absolute atomic E-state index is 0.0754. The second-order valence-electron chi connectivity index (χ2n) is 3.55. The molecule has 3 N–H and O–H groups in total. The third kappa shape index (κ3) is 3.44. The van der Waals surface area contributed by atoms with Crippen LogP contribution in [0.1, 0.15) is 0 Å². The summed E-state index contributed by atoms with van der Waals surface area (Å²) in [6.07, 6.45) is 1.93. The van der Waals surface area contributed by atoms with E-state index >= 15 is 0 Å². The van der Waals surface area contributed by atoms with Gasteiger partial charge in [0.15, 0.2) is 8.68 Å². The fourth-order valence-electron chi connectivity index (χ4n) is 1.37. The molecule has 0 spiro atoms. The Morgan fingerprint density at radius 1 is 1.30 bits per heavy atom. The highest BCUT2D eigenvalue weighted by atomic mass is 32.2. The van der Waals surface area contributed by atoms with Crippen molar-refractivity contribution < 1.29 is 8.42 Å². The van der Waals surface area contributed by atoms with Crippen molar-refractivity contribution >= 4 is 50.6 Å². The van der Waals surface area contributed by atoms with Crippen LogP contribution in [0.5, 0.6) is 0 Å². The van der Waals surface area contributed by atoms with Crippen molar-refractivity contribution in [1.29, 1.82) is 0 Å². The number of nitrogens with zero attached hydrogens (tertiary/aromatic N) is 2. The molecule has 0 amide bonds. The van der Waals surface area contributed by atoms with E-state index in [-0.39, 0.29) is 10.6 Å². The van der Waals surface area contributed by atoms with Gasteiger partial charge in [0.1, 0.15) is 4.90 Å². The van der Waals surface area contributed by atoms with Crippen LogP contribution in [-0.4, -0.2) is 31.9 Å². The standard InChI is InChI=1S/C10H12N4O2S4/c1-12-20(15,16)8-4-3-6(5-7(8)11)18-10-14-13-9(17-2)19-10/h3-5,12H,11H2,1-2H3. The summed E-state index contributed by atoms with van der Waals surface area (Å²) < 4.78 is 27.3. The molecule has 2 rings (SSSR count). The van der Waals surface area contributed by atoms with Crippen LogP contribution in [0.4, 0.5) is 5.69 Å². The summed E-state index contributed by atoms with van der Waals surface area (Å²) in [5.41, 5.74) is 6.01. The Labute approximate surface area is 129 Å². The maximum absolute atomic E-state index is 11.7. The Morgan fingerprint density at radius 2 is 2.00 bits per heavy atom. The van der Waals surface area contributed by atoms with E-state index in [1.807, 2.05) is 6.26 Å². The summed E-state index contributed by atoms with van der Waals surface area (Å²) >= 11 is 4.41. The van der Waals surface area contributed by atoms with Crippen LogP contribution in [0.15, 0.2) is 36.7 Å². The molecule has 1 aromatic carbocycles. The molecular weight excluding hydrogens is 336 g/mol. The molecule has 6 nitrogen and oxygen atoms in total. The molecule has 0 aliphatic rings. The summed E-state index contributed by atoms with van der Waals surface area (Å²) in [6, 6.07) is 4.81. The van der Waals surface area contributed by atoms with Gasteiger partial charge in [-0.1, -0.05) is 34.9 Å². The molecule has 20 heavy (non-hydrogen) atoms. The summed E-state index contributed by atoms with van der Waals surface area (Å²) in [5, 5.41) is 8.04. The molecule has 0 fully saturated rings. The van der Waals surface area contributed by atoms with Gasteiger partial charge in [0.25, 0.3) is 0 Å². The van der Waals surface area contributed by atoms with Crippen molar-refractivity contribution in [2.75, 3.05) is 19.0 Å². The zero-order valence-corrected chi connectivity index (χ0v) is 13.9. The monoisotopic (exact) mass is 348 g/mol. The highest BCUT2D eigenvalue weighted by molar-refractivity contribution is 8.03. The number of nitrogen functional groups attached to an aromatic ring is 1. The Hall–Kier alpha value is -0.810. The second-order valence-corrected chi connectivity index (χ2v) is 8.75. The number of sulfonamides is 1. The number of thioether (sulfide) groups is 1. The fourth-order valence-corrected chi connectivity index (χ4v) is 4.66. The number of rotatable bonds is 5. The predicted molar refractivity (Wildman–Crippen MR) is 82.9 cm³/mol. The second kappa shape index (κ2) is 6.31. The summed E-state index contributed by atoms with van der Waals surface area (Å²) in [6.45, 7) is 0. The van der Waals surface area contributed by atoms with Gasteiger partial charge in [0, 0.05) is 4.90 Å². The number of aromatic nitrogens is 2. The van der Waals surface area contributed by atoms with Crippen LogP contribution in [-0.2, 0) is 10.0 Å². The van der Waals surface area contributed by atoms with E-state index in [0.29, 0.717) is 0 Å². The molecule has 0 aliphatic carbocycles. The normalized spacial score (nSPS) is 11.7. The lowest BCUT2D eigenvalue weighted by atomic mass is 10.3. The van der Waals surface area contributed by atoms with E-state index in [1.165, 1.54) is 48.0 Å². The molecule has 0 atom stereocenters. The third-order valence-corrected chi connectivity index (χ3v) is 6.73. The number of hydrogen-bond acceptors (Lipinski definition) is 8. The van der Waals surface area contributed by atoms with E-state index in [9.17, 15) is 8.42 Å². The number of anilines is 1. The third-order valence-electron chi connectivity index (χ3n) is 2.31. The Balaban J connectivity index is 2.25. The molecule has 0 aliphatic heterocycles. The van der Waals surface area contributed by atoms with Crippen molar-refractivity contribution in [1.82, 2.24) is 14.9 Å². The maximum atomic E-state index is 11.7. The average Bonchev–Trinajstić information content (AvgIpc) is 2.86. The van der Waals surface area contributed by atoms with Crippen LogP contribution in [0.2, 0.25) is 0 Å². The average molecular weight is 349 g/mol. The van der Waals surface area contributed by atoms with E-state index in [0.717, 1.165) is 13.6 Å². The minimum Gasteiger partial charge on any atom is -0.398 e. The van der Waals surface area contributed by atoms with Gasteiger partial charge in [-0.05, 0) is 31.5 Å². The first-order chi connectivity index (χ1) is 9.46. The summed E-state index contributed by atoms with van der Waals surface area (Å²) in [5.74, 6) is 0. The minimum atomic E-state index is -3.53. The topological polar surface area (TPSA) is 98.0 Å².